The van der Waals surface area contributed by atoms with Crippen LogP contribution < -0.4 is 14.8 Å². The summed E-state index contributed by atoms with van der Waals surface area (Å²) in [5.74, 6) is 2.18. The number of hydrogen-bond donors (Lipinski definition) is 1. The van der Waals surface area contributed by atoms with E-state index in [0.29, 0.717) is 10.8 Å². The van der Waals surface area contributed by atoms with Gasteiger partial charge in [-0.1, -0.05) is 31.4 Å². The Morgan fingerprint density at radius 3 is 2.48 bits per heavy atom. The van der Waals surface area contributed by atoms with Gasteiger partial charge in [0.05, 0.1) is 25.1 Å². The van der Waals surface area contributed by atoms with Crippen LogP contribution in [0.15, 0.2) is 36.7 Å². The molecule has 0 fully saturated rings. The second-order valence-corrected chi connectivity index (χ2v) is 6.73. The molecule has 0 aliphatic rings. The van der Waals surface area contributed by atoms with Crippen LogP contribution in [0.5, 0.6) is 11.5 Å². The lowest BCUT2D eigenvalue weighted by molar-refractivity contribution is 0.352. The van der Waals surface area contributed by atoms with Crippen molar-refractivity contribution in [1.29, 1.82) is 0 Å². The standard InChI is InChI=1S/C21H24ClN3O2/c1-4-5-6-7-16-19-17(12-18(26-2)20(16)27-3)23-13-24-21(19)25-15-10-8-14(22)9-11-15/h8-13H,4-7H2,1-3H3,(H,23,24,25). The Kier molecular flexibility index (Phi) is 6.35. The van der Waals surface area contributed by atoms with Gasteiger partial charge in [0.15, 0.2) is 11.5 Å². The summed E-state index contributed by atoms with van der Waals surface area (Å²) in [4.78, 5) is 8.96. The highest BCUT2D eigenvalue weighted by Gasteiger charge is 2.19. The zero-order valence-electron chi connectivity index (χ0n) is 15.9. The Labute approximate surface area is 164 Å². The second-order valence-electron chi connectivity index (χ2n) is 6.30. The van der Waals surface area contributed by atoms with E-state index in [1.807, 2.05) is 30.3 Å². The fourth-order valence-corrected chi connectivity index (χ4v) is 3.31. The Morgan fingerprint density at radius 2 is 1.81 bits per heavy atom. The second kappa shape index (κ2) is 8.91. The third kappa shape index (κ3) is 4.25. The van der Waals surface area contributed by atoms with Gasteiger partial charge in [-0.2, -0.15) is 0 Å². The average molecular weight is 386 g/mol. The minimum atomic E-state index is 0.688. The number of methoxy groups -OCH3 is 2. The molecule has 0 saturated heterocycles. The van der Waals surface area contributed by atoms with E-state index >= 15 is 0 Å². The summed E-state index contributed by atoms with van der Waals surface area (Å²) < 4.78 is 11.2. The lowest BCUT2D eigenvalue weighted by Crippen LogP contribution is -2.03. The van der Waals surface area contributed by atoms with Gasteiger partial charge in [-0.25, -0.2) is 9.97 Å². The van der Waals surface area contributed by atoms with Crippen LogP contribution in [-0.4, -0.2) is 24.2 Å². The van der Waals surface area contributed by atoms with Crippen molar-refractivity contribution in [1.82, 2.24) is 9.97 Å². The number of aryl methyl sites for hydroxylation is 1. The Morgan fingerprint density at radius 1 is 1.04 bits per heavy atom. The molecule has 0 aliphatic carbocycles. The van der Waals surface area contributed by atoms with Crippen molar-refractivity contribution in [2.24, 2.45) is 0 Å². The van der Waals surface area contributed by atoms with E-state index in [1.54, 1.807) is 20.5 Å². The van der Waals surface area contributed by atoms with Gasteiger partial charge in [-0.15, -0.1) is 0 Å². The van der Waals surface area contributed by atoms with Gasteiger partial charge in [0.1, 0.15) is 12.1 Å². The number of fused-ring (bicyclic) bond motifs is 1. The third-order valence-electron chi connectivity index (χ3n) is 4.51. The first-order valence-corrected chi connectivity index (χ1v) is 9.46. The molecule has 0 unspecified atom stereocenters. The zero-order valence-corrected chi connectivity index (χ0v) is 16.6. The molecule has 0 radical (unpaired) electrons. The van der Waals surface area contributed by atoms with E-state index < -0.39 is 0 Å². The number of nitrogens with one attached hydrogen (secondary N) is 1. The summed E-state index contributed by atoms with van der Waals surface area (Å²) in [7, 11) is 3.32. The van der Waals surface area contributed by atoms with Gasteiger partial charge in [0.25, 0.3) is 0 Å². The number of rotatable bonds is 8. The van der Waals surface area contributed by atoms with Gasteiger partial charge in [0, 0.05) is 22.3 Å². The van der Waals surface area contributed by atoms with E-state index in [9.17, 15) is 0 Å². The minimum absolute atomic E-state index is 0.688. The maximum Gasteiger partial charge on any atom is 0.164 e. The molecular weight excluding hydrogens is 362 g/mol. The molecule has 0 bridgehead atoms. The monoisotopic (exact) mass is 385 g/mol. The number of unbranched alkanes of at least 4 members (excludes halogenated alkanes) is 2. The predicted octanol–water partition coefficient (Wildman–Crippen LogP) is 5.78. The third-order valence-corrected chi connectivity index (χ3v) is 4.76. The topological polar surface area (TPSA) is 56.3 Å². The summed E-state index contributed by atoms with van der Waals surface area (Å²) in [6.45, 7) is 2.19. The first kappa shape index (κ1) is 19.2. The molecule has 3 rings (SSSR count). The predicted molar refractivity (Wildman–Crippen MR) is 111 cm³/mol. The minimum Gasteiger partial charge on any atom is -0.493 e. The largest absolute Gasteiger partial charge is 0.493 e. The summed E-state index contributed by atoms with van der Waals surface area (Å²) in [5.41, 5.74) is 2.80. The molecule has 1 aromatic heterocycles. The number of benzene rings is 2. The summed E-state index contributed by atoms with van der Waals surface area (Å²) >= 11 is 5.99. The van der Waals surface area contributed by atoms with Crippen molar-refractivity contribution in [2.75, 3.05) is 19.5 Å². The number of aromatic nitrogens is 2. The van der Waals surface area contributed by atoms with Crippen LogP contribution in [0, 0.1) is 0 Å². The van der Waals surface area contributed by atoms with Crippen LogP contribution in [0.2, 0.25) is 5.02 Å². The van der Waals surface area contributed by atoms with Crippen LogP contribution in [0.1, 0.15) is 31.7 Å². The molecule has 0 amide bonds. The number of nitrogens with zero attached hydrogens (tertiary/aromatic N) is 2. The van der Waals surface area contributed by atoms with Crippen molar-refractivity contribution in [2.45, 2.75) is 32.6 Å². The van der Waals surface area contributed by atoms with Crippen molar-refractivity contribution in [3.05, 3.63) is 47.2 Å². The molecular formula is C21H24ClN3O2. The summed E-state index contributed by atoms with van der Waals surface area (Å²) in [5, 5.41) is 5.04. The van der Waals surface area contributed by atoms with Crippen LogP contribution in [0.25, 0.3) is 10.9 Å². The molecule has 1 heterocycles. The fraction of sp³-hybridized carbons (Fsp3) is 0.333. The number of anilines is 2. The molecule has 0 atom stereocenters. The molecule has 142 valence electrons. The molecule has 1 N–H and O–H groups in total. The first-order valence-electron chi connectivity index (χ1n) is 9.09. The van der Waals surface area contributed by atoms with E-state index in [2.05, 4.69) is 22.2 Å². The number of ether oxygens (including phenoxy) is 2. The maximum atomic E-state index is 5.99. The highest BCUT2D eigenvalue weighted by Crippen LogP contribution is 2.40. The summed E-state index contributed by atoms with van der Waals surface area (Å²) in [6.07, 6.45) is 5.78. The fourth-order valence-electron chi connectivity index (χ4n) is 3.19. The molecule has 5 nitrogen and oxygen atoms in total. The van der Waals surface area contributed by atoms with E-state index in [0.717, 1.165) is 59.4 Å². The van der Waals surface area contributed by atoms with Crippen LogP contribution in [0.4, 0.5) is 11.5 Å². The smallest absolute Gasteiger partial charge is 0.164 e. The molecule has 3 aromatic rings. The Balaban J connectivity index is 2.14. The van der Waals surface area contributed by atoms with Crippen molar-refractivity contribution >= 4 is 34.0 Å². The Hall–Kier alpha value is -2.53. The van der Waals surface area contributed by atoms with Crippen molar-refractivity contribution < 1.29 is 9.47 Å². The Bertz CT molecular complexity index is 913. The van der Waals surface area contributed by atoms with Crippen LogP contribution in [0.3, 0.4) is 0 Å². The van der Waals surface area contributed by atoms with E-state index in [-0.39, 0.29) is 0 Å². The van der Waals surface area contributed by atoms with Gasteiger partial charge in [-0.05, 0) is 37.1 Å². The lowest BCUT2D eigenvalue weighted by Gasteiger charge is -2.18. The van der Waals surface area contributed by atoms with Crippen LogP contribution in [-0.2, 0) is 6.42 Å². The van der Waals surface area contributed by atoms with Gasteiger partial charge in [0.2, 0.25) is 0 Å². The molecule has 2 aromatic carbocycles. The molecule has 6 heteroatoms. The van der Waals surface area contributed by atoms with Gasteiger partial charge >= 0.3 is 0 Å². The maximum absolute atomic E-state index is 5.99. The van der Waals surface area contributed by atoms with Gasteiger partial charge in [-0.3, -0.25) is 0 Å². The lowest BCUT2D eigenvalue weighted by atomic mass is 10.00. The van der Waals surface area contributed by atoms with E-state index in [1.165, 1.54) is 0 Å². The molecule has 0 spiro atoms. The number of halogens is 1. The van der Waals surface area contributed by atoms with Gasteiger partial charge < -0.3 is 14.8 Å². The van der Waals surface area contributed by atoms with Crippen LogP contribution >= 0.6 is 11.6 Å². The van der Waals surface area contributed by atoms with Crippen molar-refractivity contribution in [3.8, 4) is 11.5 Å². The summed E-state index contributed by atoms with van der Waals surface area (Å²) in [6, 6.07) is 9.44. The molecule has 0 saturated carbocycles. The molecule has 0 aliphatic heterocycles. The normalized spacial score (nSPS) is 10.8. The number of hydrogen-bond acceptors (Lipinski definition) is 5. The van der Waals surface area contributed by atoms with E-state index in [4.69, 9.17) is 21.1 Å². The molecule has 27 heavy (non-hydrogen) atoms. The first-order chi connectivity index (χ1) is 13.2. The van der Waals surface area contributed by atoms with Crippen molar-refractivity contribution in [3.63, 3.8) is 0 Å². The highest BCUT2D eigenvalue weighted by atomic mass is 35.5. The quantitative estimate of drug-likeness (QED) is 0.498. The average Bonchev–Trinajstić information content (AvgIpc) is 2.69. The zero-order chi connectivity index (χ0) is 19.2. The SMILES string of the molecule is CCCCCc1c(OC)c(OC)cc2ncnc(Nc3ccc(Cl)cc3)c12. The highest BCUT2D eigenvalue weighted by molar-refractivity contribution is 6.30.